The van der Waals surface area contributed by atoms with Crippen molar-refractivity contribution < 1.29 is 19.4 Å². The number of thiazole rings is 1. The number of nitrogens with one attached hydrogen (secondary N) is 1. The summed E-state index contributed by atoms with van der Waals surface area (Å²) in [4.78, 5) is 26.5. The summed E-state index contributed by atoms with van der Waals surface area (Å²) in [6.45, 7) is 0.239. The number of hydrogen-bond donors (Lipinski definition) is 2. The maximum absolute atomic E-state index is 11.9. The number of nitrogens with zero attached hydrogens (tertiary/aromatic N) is 1. The van der Waals surface area contributed by atoms with Crippen LogP contribution < -0.4 is 10.1 Å². The number of aromatic nitrogens is 1. The fourth-order valence-corrected chi connectivity index (χ4v) is 3.17. The fourth-order valence-electron chi connectivity index (χ4n) is 1.88. The van der Waals surface area contributed by atoms with Gasteiger partial charge >= 0.3 is 5.97 Å². The molecule has 23 heavy (non-hydrogen) atoms. The summed E-state index contributed by atoms with van der Waals surface area (Å²) < 4.78 is 6.01. The summed E-state index contributed by atoms with van der Waals surface area (Å²) in [5.41, 5.74) is 1.03. The van der Waals surface area contributed by atoms with Gasteiger partial charge in [-0.25, -0.2) is 9.78 Å². The van der Waals surface area contributed by atoms with Crippen molar-refractivity contribution in [3.05, 3.63) is 44.3 Å². The Bertz CT molecular complexity index is 717. The molecule has 6 nitrogen and oxygen atoms in total. The van der Waals surface area contributed by atoms with E-state index < -0.39 is 5.97 Å². The van der Waals surface area contributed by atoms with Gasteiger partial charge in [-0.2, -0.15) is 0 Å². The van der Waals surface area contributed by atoms with E-state index in [9.17, 15) is 9.59 Å². The number of halogens is 1. The highest BCUT2D eigenvalue weighted by Crippen LogP contribution is 2.25. The van der Waals surface area contributed by atoms with Gasteiger partial charge in [-0.1, -0.05) is 6.07 Å². The first-order valence-electron chi connectivity index (χ1n) is 6.76. The van der Waals surface area contributed by atoms with Crippen LogP contribution in [0.5, 0.6) is 5.75 Å². The lowest BCUT2D eigenvalue weighted by molar-refractivity contribution is -0.121. The second-order valence-corrected chi connectivity index (χ2v) is 6.47. The minimum absolute atomic E-state index is 0.00216. The Morgan fingerprint density at radius 2 is 2.22 bits per heavy atom. The van der Waals surface area contributed by atoms with E-state index in [2.05, 4.69) is 26.2 Å². The van der Waals surface area contributed by atoms with Gasteiger partial charge in [-0.05, 0) is 40.0 Å². The van der Waals surface area contributed by atoms with Gasteiger partial charge in [0.15, 0.2) is 5.69 Å². The molecule has 0 fully saturated rings. The van der Waals surface area contributed by atoms with Crippen LogP contribution >= 0.6 is 27.3 Å². The standard InChI is InChI=1S/C15H15BrN2O4S/c1-22-12-4-2-9(6-10(12)16)3-5-13(19)17-7-14-18-11(8-23-14)15(20)21/h2,4,6,8H,3,5,7H2,1H3,(H,17,19)(H,20,21). The predicted molar refractivity (Wildman–Crippen MR) is 89.9 cm³/mol. The summed E-state index contributed by atoms with van der Waals surface area (Å²) in [7, 11) is 1.60. The molecule has 8 heteroatoms. The van der Waals surface area contributed by atoms with Crippen LogP contribution in [0.15, 0.2) is 28.1 Å². The van der Waals surface area contributed by atoms with Crippen molar-refractivity contribution in [1.29, 1.82) is 0 Å². The van der Waals surface area contributed by atoms with Gasteiger partial charge in [-0.15, -0.1) is 11.3 Å². The Labute approximate surface area is 145 Å². The third-order valence-electron chi connectivity index (χ3n) is 3.06. The maximum atomic E-state index is 11.9. The summed E-state index contributed by atoms with van der Waals surface area (Å²) >= 11 is 4.62. The number of carboxylic acids is 1. The highest BCUT2D eigenvalue weighted by Gasteiger charge is 2.10. The minimum Gasteiger partial charge on any atom is -0.496 e. The molecule has 0 saturated heterocycles. The lowest BCUT2D eigenvalue weighted by Gasteiger charge is -2.07. The molecule has 1 aromatic heterocycles. The van der Waals surface area contributed by atoms with Crippen molar-refractivity contribution in [1.82, 2.24) is 10.3 Å². The molecular weight excluding hydrogens is 384 g/mol. The molecule has 2 aromatic rings. The van der Waals surface area contributed by atoms with E-state index in [1.54, 1.807) is 7.11 Å². The first kappa shape index (κ1) is 17.4. The van der Waals surface area contributed by atoms with Crippen molar-refractivity contribution >= 4 is 39.1 Å². The highest BCUT2D eigenvalue weighted by atomic mass is 79.9. The van der Waals surface area contributed by atoms with Crippen LogP contribution in [-0.4, -0.2) is 29.1 Å². The number of ether oxygens (including phenoxy) is 1. The second kappa shape index (κ2) is 8.07. The van der Waals surface area contributed by atoms with Crippen LogP contribution in [0, 0.1) is 0 Å². The monoisotopic (exact) mass is 398 g/mol. The van der Waals surface area contributed by atoms with E-state index in [-0.39, 0.29) is 18.1 Å². The second-order valence-electron chi connectivity index (χ2n) is 4.68. The Morgan fingerprint density at radius 1 is 1.43 bits per heavy atom. The molecule has 0 spiro atoms. The Morgan fingerprint density at radius 3 is 2.83 bits per heavy atom. The maximum Gasteiger partial charge on any atom is 0.355 e. The van der Waals surface area contributed by atoms with Gasteiger partial charge in [0.25, 0.3) is 0 Å². The van der Waals surface area contributed by atoms with Crippen molar-refractivity contribution in [2.45, 2.75) is 19.4 Å². The van der Waals surface area contributed by atoms with E-state index >= 15 is 0 Å². The van der Waals surface area contributed by atoms with Crippen LogP contribution in [0.25, 0.3) is 0 Å². The molecule has 0 radical (unpaired) electrons. The lowest BCUT2D eigenvalue weighted by Crippen LogP contribution is -2.23. The first-order chi connectivity index (χ1) is 11.0. The van der Waals surface area contributed by atoms with Crippen molar-refractivity contribution in [3.8, 4) is 5.75 Å². The molecule has 122 valence electrons. The molecule has 2 rings (SSSR count). The molecule has 1 heterocycles. The molecule has 1 amide bonds. The SMILES string of the molecule is COc1ccc(CCC(=O)NCc2nc(C(=O)O)cs2)cc1Br. The number of methoxy groups -OCH3 is 1. The fraction of sp³-hybridized carbons (Fsp3) is 0.267. The number of carbonyl (C=O) groups is 2. The average molecular weight is 399 g/mol. The van der Waals surface area contributed by atoms with Crippen molar-refractivity contribution in [3.63, 3.8) is 0 Å². The average Bonchev–Trinajstić information content (AvgIpc) is 3.00. The molecule has 0 aliphatic carbocycles. The van der Waals surface area contributed by atoms with Gasteiger partial charge in [0, 0.05) is 11.8 Å². The van der Waals surface area contributed by atoms with Gasteiger partial charge in [0.2, 0.25) is 5.91 Å². The molecule has 1 aromatic carbocycles. The number of amides is 1. The smallest absolute Gasteiger partial charge is 0.355 e. The lowest BCUT2D eigenvalue weighted by atomic mass is 10.1. The Hall–Kier alpha value is -1.93. The zero-order valence-electron chi connectivity index (χ0n) is 12.3. The topological polar surface area (TPSA) is 88.5 Å². The number of aromatic carboxylic acids is 1. The van der Waals surface area contributed by atoms with Crippen LogP contribution in [0.3, 0.4) is 0 Å². The van der Waals surface area contributed by atoms with E-state index in [1.165, 1.54) is 16.7 Å². The summed E-state index contributed by atoms with van der Waals surface area (Å²) in [6.07, 6.45) is 0.947. The third kappa shape index (κ3) is 5.04. The number of benzene rings is 1. The van der Waals surface area contributed by atoms with E-state index in [1.807, 2.05) is 18.2 Å². The zero-order chi connectivity index (χ0) is 16.8. The highest BCUT2D eigenvalue weighted by molar-refractivity contribution is 9.10. The number of carboxylic acid groups (broad SMARTS) is 1. The van der Waals surface area contributed by atoms with Crippen molar-refractivity contribution in [2.24, 2.45) is 0 Å². The molecule has 0 bridgehead atoms. The number of aryl methyl sites for hydroxylation is 1. The summed E-state index contributed by atoms with van der Waals surface area (Å²) in [5, 5.41) is 13.6. The normalized spacial score (nSPS) is 10.3. The minimum atomic E-state index is -1.07. The number of carbonyl (C=O) groups excluding carboxylic acids is 1. The quantitative estimate of drug-likeness (QED) is 0.748. The first-order valence-corrected chi connectivity index (χ1v) is 8.43. The molecule has 0 unspecified atom stereocenters. The predicted octanol–water partition coefficient (Wildman–Crippen LogP) is 2.86. The van der Waals surface area contributed by atoms with Crippen LogP contribution in [0.2, 0.25) is 0 Å². The third-order valence-corrected chi connectivity index (χ3v) is 4.53. The van der Waals surface area contributed by atoms with E-state index in [0.29, 0.717) is 17.8 Å². The molecule has 0 saturated carbocycles. The van der Waals surface area contributed by atoms with Gasteiger partial charge in [-0.3, -0.25) is 4.79 Å². The van der Waals surface area contributed by atoms with Crippen LogP contribution in [0.4, 0.5) is 0 Å². The largest absolute Gasteiger partial charge is 0.496 e. The van der Waals surface area contributed by atoms with Gasteiger partial charge in [0.05, 0.1) is 18.1 Å². The van der Waals surface area contributed by atoms with Gasteiger partial charge in [0.1, 0.15) is 10.8 Å². The van der Waals surface area contributed by atoms with E-state index in [0.717, 1.165) is 15.8 Å². The molecule has 0 aliphatic heterocycles. The molecule has 0 atom stereocenters. The van der Waals surface area contributed by atoms with Gasteiger partial charge < -0.3 is 15.2 Å². The molecular formula is C15H15BrN2O4S. The zero-order valence-corrected chi connectivity index (χ0v) is 14.7. The summed E-state index contributed by atoms with van der Waals surface area (Å²) in [6, 6.07) is 5.68. The Kier molecular flexibility index (Phi) is 6.12. The van der Waals surface area contributed by atoms with E-state index in [4.69, 9.17) is 9.84 Å². The number of hydrogen-bond acceptors (Lipinski definition) is 5. The van der Waals surface area contributed by atoms with Crippen LogP contribution in [0.1, 0.15) is 27.5 Å². The Balaban J connectivity index is 1.80. The number of rotatable bonds is 7. The molecule has 2 N–H and O–H groups in total. The molecule has 0 aliphatic rings. The van der Waals surface area contributed by atoms with Crippen LogP contribution in [-0.2, 0) is 17.8 Å². The van der Waals surface area contributed by atoms with Crippen molar-refractivity contribution in [2.75, 3.05) is 7.11 Å². The summed E-state index contributed by atoms with van der Waals surface area (Å²) in [5.74, 6) is -0.427.